The van der Waals surface area contributed by atoms with Gasteiger partial charge in [-0.2, -0.15) is 0 Å². The first kappa shape index (κ1) is 19.9. The molecule has 31 heavy (non-hydrogen) atoms. The van der Waals surface area contributed by atoms with Crippen LogP contribution in [-0.4, -0.2) is 37.8 Å². The molecular weight excluding hydrogens is 386 g/mol. The average Bonchev–Trinajstić information content (AvgIpc) is 3.71. The molecule has 160 valence electrons. The van der Waals surface area contributed by atoms with Crippen LogP contribution in [0.2, 0.25) is 0 Å². The van der Waals surface area contributed by atoms with Gasteiger partial charge in [-0.05, 0) is 67.5 Å². The van der Waals surface area contributed by atoms with Gasteiger partial charge in [0.2, 0.25) is 5.91 Å². The van der Waals surface area contributed by atoms with Crippen molar-refractivity contribution in [2.75, 3.05) is 5.32 Å². The van der Waals surface area contributed by atoms with Gasteiger partial charge in [0.1, 0.15) is 12.1 Å². The summed E-state index contributed by atoms with van der Waals surface area (Å²) in [6.45, 7) is 2.71. The summed E-state index contributed by atoms with van der Waals surface area (Å²) in [7, 11) is 0. The summed E-state index contributed by atoms with van der Waals surface area (Å²) in [5.41, 5.74) is 4.09. The largest absolute Gasteiger partial charge is 0.367 e. The number of fused-ring (bicyclic) bond motifs is 1. The molecule has 0 saturated heterocycles. The second kappa shape index (κ2) is 8.61. The van der Waals surface area contributed by atoms with Crippen LogP contribution < -0.4 is 5.32 Å². The van der Waals surface area contributed by atoms with Crippen molar-refractivity contribution in [2.24, 2.45) is 0 Å². The van der Waals surface area contributed by atoms with E-state index in [1.807, 2.05) is 17.2 Å². The molecule has 2 fully saturated rings. The number of carbonyl (C=O) groups excluding carboxylic acids is 1. The van der Waals surface area contributed by atoms with Gasteiger partial charge in [0.25, 0.3) is 0 Å². The summed E-state index contributed by atoms with van der Waals surface area (Å²) in [5, 5.41) is 4.56. The van der Waals surface area contributed by atoms with E-state index < -0.39 is 0 Å². The molecule has 1 aromatic carbocycles. The van der Waals surface area contributed by atoms with E-state index in [-0.39, 0.29) is 5.91 Å². The number of nitrogens with one attached hydrogen (secondary N) is 1. The van der Waals surface area contributed by atoms with Crippen molar-refractivity contribution in [1.82, 2.24) is 19.9 Å². The van der Waals surface area contributed by atoms with Crippen LogP contribution in [0.4, 0.5) is 5.82 Å². The first-order valence-corrected chi connectivity index (χ1v) is 11.5. The lowest BCUT2D eigenvalue weighted by Crippen LogP contribution is -2.32. The van der Waals surface area contributed by atoms with Gasteiger partial charge in [-0.3, -0.25) is 9.78 Å². The Hall–Kier alpha value is -3.02. The first-order valence-electron chi connectivity index (χ1n) is 11.5. The number of nitrogens with zero attached hydrogens (tertiary/aromatic N) is 4. The van der Waals surface area contributed by atoms with Crippen LogP contribution in [0.25, 0.3) is 22.0 Å². The topological polar surface area (TPSA) is 71.0 Å². The third-order valence-corrected chi connectivity index (χ3v) is 6.09. The van der Waals surface area contributed by atoms with E-state index in [0.717, 1.165) is 59.2 Å². The Labute approximate surface area is 183 Å². The summed E-state index contributed by atoms with van der Waals surface area (Å²) in [6.07, 6.45) is 10.7. The highest BCUT2D eigenvalue weighted by molar-refractivity contribution is 5.92. The molecule has 0 spiro atoms. The van der Waals surface area contributed by atoms with E-state index in [9.17, 15) is 4.79 Å². The zero-order valence-corrected chi connectivity index (χ0v) is 18.1. The van der Waals surface area contributed by atoms with Crippen LogP contribution in [-0.2, 0) is 11.3 Å². The predicted molar refractivity (Wildman–Crippen MR) is 123 cm³/mol. The molecule has 6 heteroatoms. The van der Waals surface area contributed by atoms with Crippen LogP contribution in [0.15, 0.2) is 42.9 Å². The average molecular weight is 416 g/mol. The highest BCUT2D eigenvalue weighted by atomic mass is 16.2. The van der Waals surface area contributed by atoms with E-state index in [0.29, 0.717) is 25.0 Å². The van der Waals surface area contributed by atoms with Gasteiger partial charge in [0, 0.05) is 30.1 Å². The lowest BCUT2D eigenvalue weighted by atomic mass is 10.0. The molecule has 0 atom stereocenters. The fraction of sp³-hybridized carbons (Fsp3) is 0.440. The third-order valence-electron chi connectivity index (χ3n) is 6.09. The minimum Gasteiger partial charge on any atom is -0.367 e. The Bertz CT molecular complexity index is 1090. The number of unbranched alkanes of at least 4 members (excludes halogenated alkanes) is 1. The van der Waals surface area contributed by atoms with E-state index in [2.05, 4.69) is 51.5 Å². The molecular formula is C25H29N5O. The molecule has 3 aromatic rings. The molecule has 2 saturated carbocycles. The number of carbonyl (C=O) groups is 1. The number of hydrogen-bond donors (Lipinski definition) is 1. The predicted octanol–water partition coefficient (Wildman–Crippen LogP) is 4.95. The lowest BCUT2D eigenvalue weighted by molar-refractivity contribution is -0.132. The monoisotopic (exact) mass is 415 g/mol. The Kier molecular flexibility index (Phi) is 5.53. The summed E-state index contributed by atoms with van der Waals surface area (Å²) >= 11 is 0. The van der Waals surface area contributed by atoms with Crippen LogP contribution in [0.5, 0.6) is 0 Å². The Morgan fingerprint density at radius 2 is 1.90 bits per heavy atom. The highest BCUT2D eigenvalue weighted by Crippen LogP contribution is 2.32. The molecule has 0 radical (unpaired) electrons. The molecule has 5 rings (SSSR count). The van der Waals surface area contributed by atoms with Crippen molar-refractivity contribution in [3.63, 3.8) is 0 Å². The molecule has 1 amide bonds. The van der Waals surface area contributed by atoms with E-state index in [1.54, 1.807) is 6.33 Å². The van der Waals surface area contributed by atoms with Gasteiger partial charge >= 0.3 is 0 Å². The fourth-order valence-corrected chi connectivity index (χ4v) is 3.97. The van der Waals surface area contributed by atoms with Gasteiger partial charge in [0.15, 0.2) is 0 Å². The Morgan fingerprint density at radius 1 is 1.06 bits per heavy atom. The molecule has 0 bridgehead atoms. The maximum absolute atomic E-state index is 12.7. The van der Waals surface area contributed by atoms with Crippen molar-refractivity contribution in [2.45, 2.75) is 70.5 Å². The zero-order valence-electron chi connectivity index (χ0n) is 18.1. The van der Waals surface area contributed by atoms with Gasteiger partial charge in [0.05, 0.1) is 17.8 Å². The quantitative estimate of drug-likeness (QED) is 0.536. The normalized spacial score (nSPS) is 15.8. The summed E-state index contributed by atoms with van der Waals surface area (Å²) in [4.78, 5) is 28.2. The lowest BCUT2D eigenvalue weighted by Gasteiger charge is -2.22. The van der Waals surface area contributed by atoms with Crippen LogP contribution in [0.3, 0.4) is 0 Å². The third kappa shape index (κ3) is 4.68. The minimum atomic E-state index is 0.259. The smallest absolute Gasteiger partial charge is 0.223 e. The SMILES string of the molecule is CCCCC(=O)N(Cc1cc(-c2ccc3ncnc(NC4CC4)c3c2)ccn1)C1CC1. The van der Waals surface area contributed by atoms with Crippen molar-refractivity contribution < 1.29 is 4.79 Å². The van der Waals surface area contributed by atoms with Crippen LogP contribution >= 0.6 is 0 Å². The van der Waals surface area contributed by atoms with Gasteiger partial charge < -0.3 is 10.2 Å². The zero-order chi connectivity index (χ0) is 21.2. The second-order valence-corrected chi connectivity index (χ2v) is 8.77. The number of rotatable bonds is 9. The highest BCUT2D eigenvalue weighted by Gasteiger charge is 2.32. The molecule has 1 N–H and O–H groups in total. The molecule has 0 aliphatic heterocycles. The molecule has 2 aliphatic rings. The van der Waals surface area contributed by atoms with Crippen LogP contribution in [0.1, 0.15) is 57.6 Å². The molecule has 2 aromatic heterocycles. The number of aromatic nitrogens is 3. The summed E-state index contributed by atoms with van der Waals surface area (Å²) in [6, 6.07) is 11.4. The van der Waals surface area contributed by atoms with Gasteiger partial charge in [-0.15, -0.1) is 0 Å². The minimum absolute atomic E-state index is 0.259. The number of benzene rings is 1. The summed E-state index contributed by atoms with van der Waals surface area (Å²) < 4.78 is 0. The summed E-state index contributed by atoms with van der Waals surface area (Å²) in [5.74, 6) is 1.17. The van der Waals surface area contributed by atoms with Crippen molar-refractivity contribution in [3.8, 4) is 11.1 Å². The van der Waals surface area contributed by atoms with Crippen LogP contribution in [0, 0.1) is 0 Å². The van der Waals surface area contributed by atoms with E-state index in [1.165, 1.54) is 12.8 Å². The Morgan fingerprint density at radius 3 is 2.68 bits per heavy atom. The maximum atomic E-state index is 12.7. The Balaban J connectivity index is 1.40. The number of amides is 1. The van der Waals surface area contributed by atoms with E-state index in [4.69, 9.17) is 0 Å². The van der Waals surface area contributed by atoms with Crippen molar-refractivity contribution in [1.29, 1.82) is 0 Å². The van der Waals surface area contributed by atoms with Gasteiger partial charge in [-0.1, -0.05) is 19.4 Å². The molecule has 2 heterocycles. The molecule has 6 nitrogen and oxygen atoms in total. The number of hydrogen-bond acceptors (Lipinski definition) is 5. The molecule has 0 unspecified atom stereocenters. The number of anilines is 1. The maximum Gasteiger partial charge on any atom is 0.223 e. The molecule has 2 aliphatic carbocycles. The standard InChI is InChI=1S/C25H29N5O/c1-2-3-4-24(31)30(21-8-9-21)15-20-13-18(11-12-26-20)17-5-10-23-22(14-17)25(28-16-27-23)29-19-6-7-19/h5,10-14,16,19,21H,2-4,6-9,15H2,1H3,(H,27,28,29). The first-order chi connectivity index (χ1) is 15.2. The fourth-order valence-electron chi connectivity index (χ4n) is 3.97. The van der Waals surface area contributed by atoms with Crippen molar-refractivity contribution in [3.05, 3.63) is 48.5 Å². The second-order valence-electron chi connectivity index (χ2n) is 8.77. The number of pyridine rings is 1. The van der Waals surface area contributed by atoms with Gasteiger partial charge in [-0.25, -0.2) is 9.97 Å². The van der Waals surface area contributed by atoms with E-state index >= 15 is 0 Å². The van der Waals surface area contributed by atoms with Crippen molar-refractivity contribution >= 4 is 22.6 Å².